The molecule has 0 aromatic carbocycles. The minimum Gasteiger partial charge on any atom is -0.473 e. The average Bonchev–Trinajstić information content (AvgIpc) is 2.72. The van der Waals surface area contributed by atoms with Gasteiger partial charge in [-0.25, -0.2) is 14.8 Å². The van der Waals surface area contributed by atoms with Crippen LogP contribution in [0.1, 0.15) is 63.0 Å². The van der Waals surface area contributed by atoms with Crippen LogP contribution in [0.5, 0.6) is 11.8 Å². The highest BCUT2D eigenvalue weighted by Crippen LogP contribution is 2.32. The molecule has 2 aromatic heterocycles. The number of nitrogens with zero attached hydrogens (tertiary/aromatic N) is 3. The smallest absolute Gasteiger partial charge is 0.410 e. The van der Waals surface area contributed by atoms with Crippen LogP contribution in [0.15, 0.2) is 30.3 Å². The van der Waals surface area contributed by atoms with Crippen LogP contribution in [0.4, 0.5) is 13.6 Å². The summed E-state index contributed by atoms with van der Waals surface area (Å²) < 4.78 is 41.2. The Morgan fingerprint density at radius 1 is 1.19 bits per heavy atom. The van der Waals surface area contributed by atoms with E-state index in [4.69, 9.17) is 9.47 Å². The molecule has 1 aliphatic rings. The van der Waals surface area contributed by atoms with Crippen molar-refractivity contribution in [1.82, 2.24) is 14.9 Å². The number of amides is 1. The molecular weight excluding hydrogens is 420 g/mol. The van der Waals surface area contributed by atoms with Crippen molar-refractivity contribution in [3.8, 4) is 11.8 Å². The number of piperidine rings is 1. The van der Waals surface area contributed by atoms with E-state index in [-0.39, 0.29) is 24.6 Å². The van der Waals surface area contributed by atoms with Gasteiger partial charge in [0.15, 0.2) is 0 Å². The zero-order valence-corrected chi connectivity index (χ0v) is 18.8. The normalized spacial score (nSPS) is 16.7. The van der Waals surface area contributed by atoms with Crippen molar-refractivity contribution in [3.05, 3.63) is 47.3 Å². The predicted octanol–water partition coefficient (Wildman–Crippen LogP) is 5.43. The van der Waals surface area contributed by atoms with Crippen molar-refractivity contribution in [2.45, 2.75) is 71.8 Å². The summed E-state index contributed by atoms with van der Waals surface area (Å²) in [5.41, 5.74) is 1.05. The summed E-state index contributed by atoms with van der Waals surface area (Å²) in [6, 6.07) is 8.43. The van der Waals surface area contributed by atoms with Gasteiger partial charge in [-0.3, -0.25) is 4.90 Å². The number of aromatic nitrogens is 2. The molecule has 3 rings (SSSR count). The second-order valence-corrected chi connectivity index (χ2v) is 8.67. The lowest BCUT2D eigenvalue weighted by molar-refractivity contribution is -0.0540. The summed E-state index contributed by atoms with van der Waals surface area (Å²) in [5, 5.41) is 0. The van der Waals surface area contributed by atoms with Crippen LogP contribution < -0.4 is 9.47 Å². The second kappa shape index (κ2) is 10.1. The monoisotopic (exact) mass is 449 g/mol. The largest absolute Gasteiger partial charge is 0.473 e. The molecule has 174 valence electrons. The summed E-state index contributed by atoms with van der Waals surface area (Å²) in [4.78, 5) is 23.0. The minimum atomic E-state index is -2.98. The first kappa shape index (κ1) is 23.7. The number of alkyl halides is 2. The Kier molecular flexibility index (Phi) is 7.48. The van der Waals surface area contributed by atoms with Gasteiger partial charge in [0, 0.05) is 18.3 Å². The number of likely N-dealkylation sites (tertiary alicyclic amines) is 1. The number of ether oxygens (including phenoxy) is 3. The number of hydrogen-bond acceptors (Lipinski definition) is 6. The Balaban J connectivity index is 1.74. The fraction of sp³-hybridized carbons (Fsp3) is 0.522. The van der Waals surface area contributed by atoms with Gasteiger partial charge in [0.25, 0.3) is 0 Å². The van der Waals surface area contributed by atoms with Gasteiger partial charge in [0.1, 0.15) is 12.2 Å². The molecule has 32 heavy (non-hydrogen) atoms. The zero-order valence-electron chi connectivity index (χ0n) is 18.8. The van der Waals surface area contributed by atoms with Crippen molar-refractivity contribution in [1.29, 1.82) is 0 Å². The van der Waals surface area contributed by atoms with Crippen LogP contribution in [0.3, 0.4) is 0 Å². The summed E-state index contributed by atoms with van der Waals surface area (Å²) in [6.45, 7) is 4.78. The summed E-state index contributed by atoms with van der Waals surface area (Å²) in [5.74, 6) is 0.153. The maximum atomic E-state index is 12.7. The van der Waals surface area contributed by atoms with Crippen molar-refractivity contribution >= 4 is 6.09 Å². The highest BCUT2D eigenvalue weighted by Gasteiger charge is 2.32. The molecule has 3 heterocycles. The molecule has 0 bridgehead atoms. The van der Waals surface area contributed by atoms with Gasteiger partial charge in [-0.05, 0) is 65.2 Å². The number of halogens is 2. The highest BCUT2D eigenvalue weighted by atomic mass is 19.3. The number of carbonyl (C=O) groups is 1. The van der Waals surface area contributed by atoms with Gasteiger partial charge < -0.3 is 14.2 Å². The third-order valence-electron chi connectivity index (χ3n) is 4.87. The van der Waals surface area contributed by atoms with E-state index in [2.05, 4.69) is 14.7 Å². The lowest BCUT2D eigenvalue weighted by atomic mass is 9.99. The van der Waals surface area contributed by atoms with E-state index in [0.29, 0.717) is 29.4 Å². The lowest BCUT2D eigenvalue weighted by Gasteiger charge is -2.36. The lowest BCUT2D eigenvalue weighted by Crippen LogP contribution is -2.42. The molecule has 7 nitrogen and oxygen atoms in total. The summed E-state index contributed by atoms with van der Waals surface area (Å²) in [6.07, 6.45) is 2.28. The Labute approximate surface area is 186 Å². The number of rotatable bonds is 6. The predicted molar refractivity (Wildman–Crippen MR) is 114 cm³/mol. The maximum absolute atomic E-state index is 12.7. The molecule has 1 unspecified atom stereocenters. The Bertz CT molecular complexity index is 934. The molecule has 0 spiro atoms. The minimum absolute atomic E-state index is 0.0355. The summed E-state index contributed by atoms with van der Waals surface area (Å²) in [7, 11) is 0. The number of carbonyl (C=O) groups excluding carboxylic acids is 1. The number of pyridine rings is 2. The Hall–Kier alpha value is -2.97. The van der Waals surface area contributed by atoms with E-state index < -0.39 is 12.2 Å². The van der Waals surface area contributed by atoms with Gasteiger partial charge in [-0.15, -0.1) is 0 Å². The van der Waals surface area contributed by atoms with Crippen LogP contribution in [-0.2, 0) is 11.3 Å². The molecule has 9 heteroatoms. The van der Waals surface area contributed by atoms with Crippen LogP contribution >= 0.6 is 0 Å². The molecule has 0 N–H and O–H groups in total. The topological polar surface area (TPSA) is 73.8 Å². The number of hydrogen-bond donors (Lipinski definition) is 0. The molecule has 0 saturated carbocycles. The quantitative estimate of drug-likeness (QED) is 0.586. The van der Waals surface area contributed by atoms with E-state index in [1.54, 1.807) is 36.1 Å². The maximum Gasteiger partial charge on any atom is 0.410 e. The molecule has 2 aromatic rings. The van der Waals surface area contributed by atoms with Crippen molar-refractivity contribution in [2.75, 3.05) is 6.54 Å². The molecule has 0 aliphatic carbocycles. The van der Waals surface area contributed by atoms with Gasteiger partial charge in [-0.2, -0.15) is 8.78 Å². The standard InChI is InChI=1S/C23H29F2N3O4/c1-15-11-12-16(20(26-15)31-21(24)25)14-30-19-10-7-8-17(27-19)18-9-5-6-13-28(18)22(29)32-23(2,3)4/h7-8,10-12,18,21H,5-6,9,13-14H2,1-4H3. The van der Waals surface area contributed by atoms with E-state index in [0.717, 1.165) is 19.3 Å². The van der Waals surface area contributed by atoms with E-state index in [1.165, 1.54) is 0 Å². The zero-order chi connectivity index (χ0) is 23.3. The van der Waals surface area contributed by atoms with Crippen LogP contribution in [0, 0.1) is 6.92 Å². The Morgan fingerprint density at radius 3 is 2.69 bits per heavy atom. The summed E-state index contributed by atoms with van der Waals surface area (Å²) >= 11 is 0. The third-order valence-corrected chi connectivity index (χ3v) is 4.87. The third kappa shape index (κ3) is 6.51. The highest BCUT2D eigenvalue weighted by molar-refractivity contribution is 5.69. The molecule has 0 radical (unpaired) electrons. The average molecular weight is 449 g/mol. The van der Waals surface area contributed by atoms with Crippen molar-refractivity contribution in [2.24, 2.45) is 0 Å². The van der Waals surface area contributed by atoms with Crippen LogP contribution in [0.25, 0.3) is 0 Å². The van der Waals surface area contributed by atoms with E-state index >= 15 is 0 Å². The molecule has 1 fully saturated rings. The van der Waals surface area contributed by atoms with Gasteiger partial charge in [0.05, 0.1) is 17.3 Å². The molecular formula is C23H29F2N3O4. The van der Waals surface area contributed by atoms with Crippen molar-refractivity contribution in [3.63, 3.8) is 0 Å². The SMILES string of the molecule is Cc1ccc(COc2cccc(C3CCCCN3C(=O)OC(C)(C)C)n2)c(OC(F)F)n1. The fourth-order valence-electron chi connectivity index (χ4n) is 3.48. The van der Waals surface area contributed by atoms with Crippen LogP contribution in [0.2, 0.25) is 0 Å². The second-order valence-electron chi connectivity index (χ2n) is 8.67. The van der Waals surface area contributed by atoms with E-state index in [9.17, 15) is 13.6 Å². The van der Waals surface area contributed by atoms with E-state index in [1.807, 2.05) is 26.8 Å². The van der Waals surface area contributed by atoms with Gasteiger partial charge in [0.2, 0.25) is 11.8 Å². The molecule has 1 saturated heterocycles. The first-order valence-corrected chi connectivity index (χ1v) is 10.6. The fourth-order valence-corrected chi connectivity index (χ4v) is 3.48. The molecule has 1 atom stereocenters. The first-order chi connectivity index (χ1) is 15.1. The first-order valence-electron chi connectivity index (χ1n) is 10.6. The van der Waals surface area contributed by atoms with Crippen molar-refractivity contribution < 1.29 is 27.8 Å². The van der Waals surface area contributed by atoms with Crippen LogP contribution in [-0.4, -0.2) is 39.7 Å². The molecule has 1 aliphatic heterocycles. The molecule has 1 amide bonds. The van der Waals surface area contributed by atoms with Gasteiger partial charge in [-0.1, -0.05) is 6.07 Å². The van der Waals surface area contributed by atoms with Gasteiger partial charge >= 0.3 is 12.7 Å². The number of aryl methyl sites for hydroxylation is 1. The Morgan fingerprint density at radius 2 is 1.97 bits per heavy atom.